The van der Waals surface area contributed by atoms with Gasteiger partial charge in [0.15, 0.2) is 0 Å². The molecule has 0 spiro atoms. The van der Waals surface area contributed by atoms with Crippen LogP contribution in [0.15, 0.2) is 54.6 Å². The van der Waals surface area contributed by atoms with E-state index in [4.69, 9.17) is 0 Å². The summed E-state index contributed by atoms with van der Waals surface area (Å²) >= 11 is -0.886. The maximum absolute atomic E-state index is 10.6. The standard InChI is InChI=1S/C13H11IO/c15-14-10-11-6-8-13(9-7-11)12-4-2-1-3-5-12/h1-9H,10H2. The van der Waals surface area contributed by atoms with Gasteiger partial charge in [-0.05, 0) is 16.7 Å². The Morgan fingerprint density at radius 2 is 1.40 bits per heavy atom. The topological polar surface area (TPSA) is 17.1 Å². The van der Waals surface area contributed by atoms with Crippen LogP contribution in [0.25, 0.3) is 11.1 Å². The lowest BCUT2D eigenvalue weighted by Gasteiger charge is -2.01. The van der Waals surface area contributed by atoms with E-state index < -0.39 is 21.2 Å². The van der Waals surface area contributed by atoms with Crippen LogP contribution in [0.1, 0.15) is 5.56 Å². The average molecular weight is 310 g/mol. The summed E-state index contributed by atoms with van der Waals surface area (Å²) in [7, 11) is 0. The summed E-state index contributed by atoms with van der Waals surface area (Å²) in [6.45, 7) is 0. The summed E-state index contributed by atoms with van der Waals surface area (Å²) in [6.07, 6.45) is 0. The van der Waals surface area contributed by atoms with Crippen LogP contribution in [-0.4, -0.2) is 0 Å². The van der Waals surface area contributed by atoms with E-state index in [1.54, 1.807) is 0 Å². The van der Waals surface area contributed by atoms with E-state index in [0.717, 1.165) is 9.99 Å². The molecule has 2 aromatic rings. The molecule has 0 aromatic heterocycles. The van der Waals surface area contributed by atoms with E-state index in [1.165, 1.54) is 11.1 Å². The van der Waals surface area contributed by atoms with Gasteiger partial charge in [0.2, 0.25) is 0 Å². The SMILES string of the molecule is O=ICc1ccc(-c2ccccc2)cc1. The van der Waals surface area contributed by atoms with E-state index in [2.05, 4.69) is 36.4 Å². The van der Waals surface area contributed by atoms with Crippen LogP contribution < -0.4 is 0 Å². The average Bonchev–Trinajstić information content (AvgIpc) is 2.32. The first-order valence-electron chi connectivity index (χ1n) is 4.76. The molecule has 0 fully saturated rings. The fourth-order valence-corrected chi connectivity index (χ4v) is 2.35. The summed E-state index contributed by atoms with van der Waals surface area (Å²) in [6, 6.07) is 18.6. The van der Waals surface area contributed by atoms with Crippen molar-refractivity contribution in [2.45, 2.75) is 4.43 Å². The number of alkyl halides is 1. The Hall–Kier alpha value is -1.03. The second kappa shape index (κ2) is 5.16. The Morgan fingerprint density at radius 1 is 0.800 bits per heavy atom. The van der Waals surface area contributed by atoms with E-state index in [9.17, 15) is 3.07 Å². The van der Waals surface area contributed by atoms with Gasteiger partial charge in [0.05, 0.1) is 4.43 Å². The Balaban J connectivity index is 2.28. The van der Waals surface area contributed by atoms with Crippen molar-refractivity contribution >= 4 is 21.2 Å². The molecule has 0 unspecified atom stereocenters. The largest absolute Gasteiger partial charge is 0.270 e. The molecule has 76 valence electrons. The van der Waals surface area contributed by atoms with Crippen molar-refractivity contribution in [2.75, 3.05) is 0 Å². The molecule has 0 bridgehead atoms. The zero-order valence-electron chi connectivity index (χ0n) is 8.19. The van der Waals surface area contributed by atoms with Crippen LogP contribution in [-0.2, 0) is 7.50 Å². The molecule has 0 atom stereocenters. The van der Waals surface area contributed by atoms with E-state index in [-0.39, 0.29) is 0 Å². The molecule has 0 saturated heterocycles. The molecular formula is C13H11IO. The Kier molecular flexibility index (Phi) is 3.61. The van der Waals surface area contributed by atoms with Crippen molar-refractivity contribution in [1.29, 1.82) is 0 Å². The highest BCUT2D eigenvalue weighted by molar-refractivity contribution is 14.1. The molecule has 0 saturated carbocycles. The van der Waals surface area contributed by atoms with Crippen LogP contribution in [0.4, 0.5) is 0 Å². The summed E-state index contributed by atoms with van der Waals surface area (Å²) in [4.78, 5) is 0. The summed E-state index contributed by atoms with van der Waals surface area (Å²) in [5.41, 5.74) is 3.60. The van der Waals surface area contributed by atoms with Crippen molar-refractivity contribution in [2.24, 2.45) is 0 Å². The van der Waals surface area contributed by atoms with Crippen molar-refractivity contribution < 1.29 is 3.07 Å². The van der Waals surface area contributed by atoms with Crippen molar-refractivity contribution in [1.82, 2.24) is 0 Å². The number of hydrogen-bond acceptors (Lipinski definition) is 1. The van der Waals surface area contributed by atoms with Crippen LogP contribution >= 0.6 is 21.2 Å². The highest BCUT2D eigenvalue weighted by Gasteiger charge is 1.96. The normalized spacial score (nSPS) is 10.1. The first-order valence-corrected chi connectivity index (χ1v) is 7.16. The smallest absolute Gasteiger partial charge is 0.149 e. The van der Waals surface area contributed by atoms with Gasteiger partial charge in [-0.2, -0.15) is 0 Å². The molecular weight excluding hydrogens is 299 g/mol. The predicted octanol–water partition coefficient (Wildman–Crippen LogP) is 4.17. The van der Waals surface area contributed by atoms with Gasteiger partial charge in [0, 0.05) is 0 Å². The lowest BCUT2D eigenvalue weighted by atomic mass is 10.0. The van der Waals surface area contributed by atoms with Gasteiger partial charge in [-0.1, -0.05) is 54.6 Å². The van der Waals surface area contributed by atoms with Gasteiger partial charge in [-0.3, -0.25) is 3.07 Å². The van der Waals surface area contributed by atoms with Crippen LogP contribution in [0.3, 0.4) is 0 Å². The second-order valence-electron chi connectivity index (χ2n) is 3.31. The second-order valence-corrected chi connectivity index (χ2v) is 4.69. The summed E-state index contributed by atoms with van der Waals surface area (Å²) in [5, 5.41) is 0. The minimum absolute atomic E-state index is 0.730. The third kappa shape index (κ3) is 2.72. The lowest BCUT2D eigenvalue weighted by Crippen LogP contribution is -1.79. The molecule has 0 aliphatic carbocycles. The van der Waals surface area contributed by atoms with Gasteiger partial charge in [0.1, 0.15) is 21.2 Å². The number of halogens is 1. The van der Waals surface area contributed by atoms with Crippen molar-refractivity contribution in [3.05, 3.63) is 60.2 Å². The minimum atomic E-state index is -0.886. The van der Waals surface area contributed by atoms with Crippen LogP contribution in [0, 0.1) is 0 Å². The first-order chi connectivity index (χ1) is 7.40. The summed E-state index contributed by atoms with van der Waals surface area (Å²) < 4.78 is 11.3. The van der Waals surface area contributed by atoms with Gasteiger partial charge in [0.25, 0.3) is 0 Å². The molecule has 1 nitrogen and oxygen atoms in total. The number of rotatable bonds is 3. The molecule has 2 rings (SSSR count). The monoisotopic (exact) mass is 310 g/mol. The Morgan fingerprint density at radius 3 is 2.00 bits per heavy atom. The fraction of sp³-hybridized carbons (Fsp3) is 0.0769. The minimum Gasteiger partial charge on any atom is -0.270 e. The van der Waals surface area contributed by atoms with Crippen molar-refractivity contribution in [3.8, 4) is 11.1 Å². The Labute approximate surface area is 99.8 Å². The quantitative estimate of drug-likeness (QED) is 0.614. The van der Waals surface area contributed by atoms with Crippen LogP contribution in [0.2, 0.25) is 0 Å². The molecule has 0 N–H and O–H groups in total. The zero-order valence-corrected chi connectivity index (χ0v) is 10.3. The number of benzene rings is 2. The van der Waals surface area contributed by atoms with Gasteiger partial charge < -0.3 is 0 Å². The maximum atomic E-state index is 10.6. The van der Waals surface area contributed by atoms with E-state index in [1.807, 2.05) is 18.2 Å². The first kappa shape index (κ1) is 10.5. The highest BCUT2D eigenvalue weighted by Crippen LogP contribution is 2.20. The van der Waals surface area contributed by atoms with Gasteiger partial charge in [-0.15, -0.1) is 0 Å². The highest BCUT2D eigenvalue weighted by atomic mass is 127. The zero-order chi connectivity index (χ0) is 10.5. The predicted molar refractivity (Wildman–Crippen MR) is 70.3 cm³/mol. The lowest BCUT2D eigenvalue weighted by molar-refractivity contribution is 0.647. The van der Waals surface area contributed by atoms with Crippen LogP contribution in [0.5, 0.6) is 0 Å². The molecule has 0 radical (unpaired) electrons. The third-order valence-corrected chi connectivity index (χ3v) is 3.46. The van der Waals surface area contributed by atoms with Gasteiger partial charge in [-0.25, -0.2) is 0 Å². The fourth-order valence-electron chi connectivity index (χ4n) is 1.48. The summed E-state index contributed by atoms with van der Waals surface area (Å²) in [5.74, 6) is 0. The Bertz CT molecular complexity index is 434. The van der Waals surface area contributed by atoms with E-state index >= 15 is 0 Å². The maximum Gasteiger partial charge on any atom is 0.149 e. The van der Waals surface area contributed by atoms with Crippen molar-refractivity contribution in [3.63, 3.8) is 0 Å². The molecule has 0 amide bonds. The molecule has 15 heavy (non-hydrogen) atoms. The molecule has 2 aromatic carbocycles. The number of hydrogen-bond donors (Lipinski definition) is 0. The third-order valence-electron chi connectivity index (χ3n) is 2.27. The molecule has 2 heteroatoms. The molecule has 0 heterocycles. The molecule has 0 aliphatic heterocycles. The molecule has 0 aliphatic rings. The van der Waals surface area contributed by atoms with E-state index in [0.29, 0.717) is 0 Å². The van der Waals surface area contributed by atoms with Gasteiger partial charge >= 0.3 is 0 Å².